The van der Waals surface area contributed by atoms with Crippen molar-refractivity contribution in [3.63, 3.8) is 0 Å². The number of nitrogens with one attached hydrogen (secondary N) is 1. The van der Waals surface area contributed by atoms with Gasteiger partial charge in [-0.1, -0.05) is 6.07 Å². The summed E-state index contributed by atoms with van der Waals surface area (Å²) in [5.74, 6) is 0. The maximum Gasteiger partial charge on any atom is 0.416 e. The van der Waals surface area contributed by atoms with Gasteiger partial charge in [0.1, 0.15) is 0 Å². The average Bonchev–Trinajstić information content (AvgIpc) is 2.81. The molecule has 0 radical (unpaired) electrons. The molecule has 3 aromatic rings. The van der Waals surface area contributed by atoms with E-state index in [9.17, 15) is 13.2 Å². The summed E-state index contributed by atoms with van der Waals surface area (Å²) in [5, 5.41) is 0.742. The standard InChI is InChI=1S/C14H9F3N2/c15-14(16,17)11-4-3-9-6-12(19-13(9)7-11)10-2-1-5-18-8-10/h1-8,19H. The maximum atomic E-state index is 12.6. The van der Waals surface area contributed by atoms with E-state index in [2.05, 4.69) is 9.97 Å². The number of fused-ring (bicyclic) bond motifs is 1. The highest BCUT2D eigenvalue weighted by Crippen LogP contribution is 2.32. The average molecular weight is 262 g/mol. The van der Waals surface area contributed by atoms with Crippen LogP contribution in [0.15, 0.2) is 48.8 Å². The second kappa shape index (κ2) is 4.12. The van der Waals surface area contributed by atoms with Crippen molar-refractivity contribution in [1.82, 2.24) is 9.97 Å². The van der Waals surface area contributed by atoms with E-state index in [1.54, 1.807) is 18.5 Å². The normalized spacial score (nSPS) is 11.9. The third-order valence-electron chi connectivity index (χ3n) is 2.92. The number of aromatic amines is 1. The molecule has 0 aliphatic rings. The van der Waals surface area contributed by atoms with Crippen LogP contribution in [0.2, 0.25) is 0 Å². The summed E-state index contributed by atoms with van der Waals surface area (Å²) in [6.07, 6.45) is -1.02. The van der Waals surface area contributed by atoms with Crippen molar-refractivity contribution in [1.29, 1.82) is 0 Å². The smallest absolute Gasteiger partial charge is 0.354 e. The molecule has 0 fully saturated rings. The Bertz CT molecular complexity index is 714. The fourth-order valence-electron chi connectivity index (χ4n) is 1.98. The van der Waals surface area contributed by atoms with Crippen molar-refractivity contribution in [2.75, 3.05) is 0 Å². The molecule has 5 heteroatoms. The van der Waals surface area contributed by atoms with Gasteiger partial charge in [-0.3, -0.25) is 4.98 Å². The van der Waals surface area contributed by atoms with Crippen molar-refractivity contribution >= 4 is 10.9 Å². The van der Waals surface area contributed by atoms with Crippen molar-refractivity contribution in [3.05, 3.63) is 54.4 Å². The van der Waals surface area contributed by atoms with E-state index in [1.807, 2.05) is 12.1 Å². The van der Waals surface area contributed by atoms with Gasteiger partial charge in [-0.05, 0) is 30.3 Å². The number of alkyl halides is 3. The van der Waals surface area contributed by atoms with Crippen LogP contribution in [-0.2, 0) is 6.18 Å². The molecular weight excluding hydrogens is 253 g/mol. The van der Waals surface area contributed by atoms with Crippen LogP contribution in [0.1, 0.15) is 5.56 Å². The predicted molar refractivity (Wildman–Crippen MR) is 66.5 cm³/mol. The third-order valence-corrected chi connectivity index (χ3v) is 2.92. The summed E-state index contributed by atoms with van der Waals surface area (Å²) in [7, 11) is 0. The summed E-state index contributed by atoms with van der Waals surface area (Å²) >= 11 is 0. The van der Waals surface area contributed by atoms with Gasteiger partial charge < -0.3 is 4.98 Å². The van der Waals surface area contributed by atoms with Crippen LogP contribution in [0.5, 0.6) is 0 Å². The first kappa shape index (κ1) is 11.8. The second-order valence-electron chi connectivity index (χ2n) is 4.22. The summed E-state index contributed by atoms with van der Waals surface area (Å²) in [4.78, 5) is 6.97. The molecule has 0 saturated heterocycles. The molecule has 0 aliphatic heterocycles. The molecule has 2 aromatic heterocycles. The first-order chi connectivity index (χ1) is 9.04. The van der Waals surface area contributed by atoms with Crippen LogP contribution in [-0.4, -0.2) is 9.97 Å². The number of benzene rings is 1. The van der Waals surface area contributed by atoms with Gasteiger partial charge >= 0.3 is 6.18 Å². The van der Waals surface area contributed by atoms with E-state index in [4.69, 9.17) is 0 Å². The molecule has 2 heterocycles. The van der Waals surface area contributed by atoms with Crippen molar-refractivity contribution < 1.29 is 13.2 Å². The zero-order chi connectivity index (χ0) is 13.5. The Balaban J connectivity index is 2.12. The minimum atomic E-state index is -4.33. The van der Waals surface area contributed by atoms with Crippen molar-refractivity contribution in [2.24, 2.45) is 0 Å². The number of hydrogen-bond acceptors (Lipinski definition) is 1. The molecule has 0 amide bonds. The summed E-state index contributed by atoms with van der Waals surface area (Å²) in [6, 6.07) is 9.11. The van der Waals surface area contributed by atoms with Crippen LogP contribution < -0.4 is 0 Å². The van der Waals surface area contributed by atoms with Gasteiger partial charge in [0.05, 0.1) is 5.56 Å². The van der Waals surface area contributed by atoms with Crippen molar-refractivity contribution in [2.45, 2.75) is 6.18 Å². The van der Waals surface area contributed by atoms with Gasteiger partial charge in [0.2, 0.25) is 0 Å². The number of nitrogens with zero attached hydrogens (tertiary/aromatic N) is 1. The second-order valence-corrected chi connectivity index (χ2v) is 4.22. The Morgan fingerprint density at radius 2 is 1.89 bits per heavy atom. The Kier molecular flexibility index (Phi) is 2.55. The van der Waals surface area contributed by atoms with Crippen LogP contribution in [0.25, 0.3) is 22.2 Å². The molecule has 2 nitrogen and oxygen atoms in total. The molecule has 19 heavy (non-hydrogen) atoms. The van der Waals surface area contributed by atoms with Gasteiger partial charge in [0.15, 0.2) is 0 Å². The highest BCUT2D eigenvalue weighted by molar-refractivity contribution is 5.86. The Hall–Kier alpha value is -2.30. The highest BCUT2D eigenvalue weighted by Gasteiger charge is 2.30. The Morgan fingerprint density at radius 3 is 2.58 bits per heavy atom. The Labute approximate surface area is 106 Å². The van der Waals surface area contributed by atoms with Gasteiger partial charge in [-0.25, -0.2) is 0 Å². The van der Waals surface area contributed by atoms with E-state index < -0.39 is 11.7 Å². The van der Waals surface area contributed by atoms with Gasteiger partial charge in [0, 0.05) is 34.6 Å². The molecule has 0 spiro atoms. The minimum Gasteiger partial charge on any atom is -0.354 e. The quantitative estimate of drug-likeness (QED) is 0.697. The maximum absolute atomic E-state index is 12.6. The fraction of sp³-hybridized carbons (Fsp3) is 0.0714. The molecule has 3 rings (SSSR count). The molecule has 0 unspecified atom stereocenters. The predicted octanol–water partition coefficient (Wildman–Crippen LogP) is 4.25. The number of rotatable bonds is 1. The molecule has 0 bridgehead atoms. The van der Waals surface area contributed by atoms with Crippen LogP contribution >= 0.6 is 0 Å². The van der Waals surface area contributed by atoms with E-state index in [1.165, 1.54) is 6.07 Å². The third kappa shape index (κ3) is 2.19. The first-order valence-corrected chi connectivity index (χ1v) is 5.64. The molecule has 0 saturated carbocycles. The zero-order valence-corrected chi connectivity index (χ0v) is 9.70. The number of pyridine rings is 1. The van der Waals surface area contributed by atoms with Crippen molar-refractivity contribution in [3.8, 4) is 11.3 Å². The topological polar surface area (TPSA) is 28.7 Å². The minimum absolute atomic E-state index is 0.466. The summed E-state index contributed by atoms with van der Waals surface area (Å²) in [5.41, 5.74) is 1.41. The molecule has 0 atom stereocenters. The van der Waals surface area contributed by atoms with Crippen LogP contribution in [0.3, 0.4) is 0 Å². The molecule has 1 aromatic carbocycles. The van der Waals surface area contributed by atoms with E-state index in [-0.39, 0.29) is 0 Å². The number of aromatic nitrogens is 2. The zero-order valence-electron chi connectivity index (χ0n) is 9.70. The number of H-pyrrole nitrogens is 1. The summed E-state index contributed by atoms with van der Waals surface area (Å²) in [6.45, 7) is 0. The van der Waals surface area contributed by atoms with E-state index in [0.717, 1.165) is 28.8 Å². The molecule has 0 aliphatic carbocycles. The lowest BCUT2D eigenvalue weighted by molar-refractivity contribution is -0.137. The molecular formula is C14H9F3N2. The van der Waals surface area contributed by atoms with Gasteiger partial charge in [0.25, 0.3) is 0 Å². The monoisotopic (exact) mass is 262 g/mol. The molecule has 96 valence electrons. The lowest BCUT2D eigenvalue weighted by atomic mass is 10.1. The lowest BCUT2D eigenvalue weighted by Crippen LogP contribution is -2.03. The first-order valence-electron chi connectivity index (χ1n) is 5.64. The Morgan fingerprint density at radius 1 is 1.05 bits per heavy atom. The highest BCUT2D eigenvalue weighted by atomic mass is 19.4. The number of halogens is 3. The summed E-state index contributed by atoms with van der Waals surface area (Å²) < 4.78 is 37.9. The SMILES string of the molecule is FC(F)(F)c1ccc2cc(-c3cccnc3)[nH]c2c1. The van der Waals surface area contributed by atoms with Crippen LogP contribution in [0.4, 0.5) is 13.2 Å². The van der Waals surface area contributed by atoms with E-state index in [0.29, 0.717) is 5.52 Å². The fourth-order valence-corrected chi connectivity index (χ4v) is 1.98. The largest absolute Gasteiger partial charge is 0.416 e. The molecule has 1 N–H and O–H groups in total. The van der Waals surface area contributed by atoms with Gasteiger partial charge in [-0.2, -0.15) is 13.2 Å². The lowest BCUT2D eigenvalue weighted by Gasteiger charge is -2.05. The van der Waals surface area contributed by atoms with Crippen LogP contribution in [0, 0.1) is 0 Å². The number of hydrogen-bond donors (Lipinski definition) is 1. The van der Waals surface area contributed by atoms with Gasteiger partial charge in [-0.15, -0.1) is 0 Å². The van der Waals surface area contributed by atoms with E-state index >= 15 is 0 Å².